The SMILES string of the molecule is CONc1cc(NS(C)(=O)=O)cc(C(=O)OC)c1. The second kappa shape index (κ2) is 5.69. The fraction of sp³-hybridized carbons (Fsp3) is 0.300. The van der Waals surface area contributed by atoms with Gasteiger partial charge in [-0.15, -0.1) is 0 Å². The minimum Gasteiger partial charge on any atom is -0.465 e. The number of rotatable bonds is 5. The van der Waals surface area contributed by atoms with Crippen LogP contribution in [0.1, 0.15) is 10.4 Å². The van der Waals surface area contributed by atoms with Crippen molar-refractivity contribution in [2.45, 2.75) is 0 Å². The number of benzene rings is 1. The highest BCUT2D eigenvalue weighted by Crippen LogP contribution is 2.20. The Labute approximate surface area is 105 Å². The van der Waals surface area contributed by atoms with Crippen molar-refractivity contribution in [2.24, 2.45) is 0 Å². The Morgan fingerprint density at radius 1 is 1.17 bits per heavy atom. The molecule has 1 aromatic carbocycles. The Morgan fingerprint density at radius 3 is 2.28 bits per heavy atom. The zero-order valence-corrected chi connectivity index (χ0v) is 11.0. The van der Waals surface area contributed by atoms with Crippen molar-refractivity contribution in [1.82, 2.24) is 0 Å². The van der Waals surface area contributed by atoms with Gasteiger partial charge in [-0.1, -0.05) is 0 Å². The molecule has 8 heteroatoms. The molecule has 18 heavy (non-hydrogen) atoms. The fourth-order valence-electron chi connectivity index (χ4n) is 1.31. The summed E-state index contributed by atoms with van der Waals surface area (Å²) >= 11 is 0. The summed E-state index contributed by atoms with van der Waals surface area (Å²) in [4.78, 5) is 16.1. The Bertz CT molecular complexity index is 541. The predicted octanol–water partition coefficient (Wildman–Crippen LogP) is 0.818. The Kier molecular flexibility index (Phi) is 4.51. The zero-order chi connectivity index (χ0) is 13.8. The van der Waals surface area contributed by atoms with Crippen molar-refractivity contribution in [3.63, 3.8) is 0 Å². The van der Waals surface area contributed by atoms with Gasteiger partial charge in [0.1, 0.15) is 0 Å². The highest BCUT2D eigenvalue weighted by molar-refractivity contribution is 7.92. The summed E-state index contributed by atoms with van der Waals surface area (Å²) in [6, 6.07) is 4.33. The zero-order valence-electron chi connectivity index (χ0n) is 10.2. The summed E-state index contributed by atoms with van der Waals surface area (Å²) in [5, 5.41) is 0. The second-order valence-corrected chi connectivity index (χ2v) is 5.22. The summed E-state index contributed by atoms with van der Waals surface area (Å²) in [5.41, 5.74) is 3.37. The predicted molar refractivity (Wildman–Crippen MR) is 66.9 cm³/mol. The molecule has 0 spiro atoms. The molecule has 100 valence electrons. The molecule has 1 aromatic rings. The molecule has 0 aromatic heterocycles. The lowest BCUT2D eigenvalue weighted by Crippen LogP contribution is -2.11. The summed E-state index contributed by atoms with van der Waals surface area (Å²) < 4.78 is 29.1. The normalized spacial score (nSPS) is 10.8. The standard InChI is InChI=1S/C10H14N2O5S/c1-16-10(13)7-4-8(11-17-2)6-9(5-7)12-18(3,14)15/h4-6,11-12H,1-3H3. The lowest BCUT2D eigenvalue weighted by atomic mass is 10.2. The van der Waals surface area contributed by atoms with Crippen LogP contribution in [-0.4, -0.2) is 34.9 Å². The quantitative estimate of drug-likeness (QED) is 0.610. The van der Waals surface area contributed by atoms with Gasteiger partial charge < -0.3 is 4.74 Å². The Hall–Kier alpha value is -1.80. The third-order valence-corrected chi connectivity index (χ3v) is 2.48. The van der Waals surface area contributed by atoms with Gasteiger partial charge in [0, 0.05) is 0 Å². The smallest absolute Gasteiger partial charge is 0.338 e. The number of sulfonamides is 1. The molecule has 1 rings (SSSR count). The van der Waals surface area contributed by atoms with Crippen molar-refractivity contribution >= 4 is 27.4 Å². The molecule has 7 nitrogen and oxygen atoms in total. The van der Waals surface area contributed by atoms with Gasteiger partial charge in [-0.25, -0.2) is 13.2 Å². The molecule has 0 aliphatic rings. The van der Waals surface area contributed by atoms with Gasteiger partial charge in [-0.2, -0.15) is 0 Å². The van der Waals surface area contributed by atoms with E-state index in [1.165, 1.54) is 32.4 Å². The summed E-state index contributed by atoms with van der Waals surface area (Å²) in [6.45, 7) is 0. The van der Waals surface area contributed by atoms with E-state index in [4.69, 9.17) is 4.84 Å². The van der Waals surface area contributed by atoms with Crippen LogP contribution in [0, 0.1) is 0 Å². The number of carbonyl (C=O) groups excluding carboxylic acids is 1. The molecular weight excluding hydrogens is 260 g/mol. The van der Waals surface area contributed by atoms with Gasteiger partial charge in [0.25, 0.3) is 0 Å². The van der Waals surface area contributed by atoms with Gasteiger partial charge in [0.2, 0.25) is 10.0 Å². The van der Waals surface area contributed by atoms with Crippen LogP contribution in [-0.2, 0) is 19.6 Å². The van der Waals surface area contributed by atoms with Crippen LogP contribution in [0.3, 0.4) is 0 Å². The summed E-state index contributed by atoms with van der Waals surface area (Å²) in [7, 11) is -0.793. The molecule has 2 N–H and O–H groups in total. The first-order chi connectivity index (χ1) is 8.35. The molecule has 0 unspecified atom stereocenters. The molecule has 0 bridgehead atoms. The number of hydrogen-bond donors (Lipinski definition) is 2. The average Bonchev–Trinajstić information content (AvgIpc) is 2.25. The van der Waals surface area contributed by atoms with Crippen LogP contribution in [0.4, 0.5) is 11.4 Å². The van der Waals surface area contributed by atoms with E-state index in [-0.39, 0.29) is 11.3 Å². The molecule has 0 heterocycles. The number of anilines is 2. The first-order valence-electron chi connectivity index (χ1n) is 4.86. The molecule has 0 aliphatic heterocycles. The van der Waals surface area contributed by atoms with E-state index in [9.17, 15) is 13.2 Å². The van der Waals surface area contributed by atoms with E-state index in [0.717, 1.165) is 6.26 Å². The Balaban J connectivity index is 3.17. The number of carbonyl (C=O) groups is 1. The average molecular weight is 274 g/mol. The first-order valence-corrected chi connectivity index (χ1v) is 6.75. The lowest BCUT2D eigenvalue weighted by molar-refractivity contribution is 0.0601. The largest absolute Gasteiger partial charge is 0.465 e. The van der Waals surface area contributed by atoms with E-state index in [1.807, 2.05) is 0 Å². The van der Waals surface area contributed by atoms with Crippen LogP contribution < -0.4 is 10.2 Å². The van der Waals surface area contributed by atoms with Crippen LogP contribution in [0.25, 0.3) is 0 Å². The number of esters is 1. The number of methoxy groups -OCH3 is 1. The Morgan fingerprint density at radius 2 is 1.78 bits per heavy atom. The highest BCUT2D eigenvalue weighted by Gasteiger charge is 2.11. The second-order valence-electron chi connectivity index (χ2n) is 3.47. The molecule has 0 saturated carbocycles. The van der Waals surface area contributed by atoms with Gasteiger partial charge in [-0.3, -0.25) is 15.0 Å². The van der Waals surface area contributed by atoms with Gasteiger partial charge >= 0.3 is 5.97 Å². The molecule has 0 radical (unpaired) electrons. The fourth-order valence-corrected chi connectivity index (χ4v) is 1.86. The number of nitrogens with one attached hydrogen (secondary N) is 2. The molecule has 0 atom stereocenters. The van der Waals surface area contributed by atoms with E-state index < -0.39 is 16.0 Å². The van der Waals surface area contributed by atoms with Crippen molar-refractivity contribution in [2.75, 3.05) is 30.7 Å². The van der Waals surface area contributed by atoms with Crippen LogP contribution in [0.2, 0.25) is 0 Å². The summed E-state index contributed by atoms with van der Waals surface area (Å²) in [6.07, 6.45) is 1.02. The van der Waals surface area contributed by atoms with E-state index >= 15 is 0 Å². The van der Waals surface area contributed by atoms with Crippen molar-refractivity contribution < 1.29 is 22.8 Å². The third kappa shape index (κ3) is 4.22. The van der Waals surface area contributed by atoms with Crippen molar-refractivity contribution in [1.29, 1.82) is 0 Å². The maximum Gasteiger partial charge on any atom is 0.338 e. The van der Waals surface area contributed by atoms with E-state index in [1.54, 1.807) is 0 Å². The van der Waals surface area contributed by atoms with Gasteiger partial charge in [-0.05, 0) is 18.2 Å². The maximum absolute atomic E-state index is 11.4. The lowest BCUT2D eigenvalue weighted by Gasteiger charge is -2.10. The molecule has 0 aliphatic carbocycles. The molecule has 0 fully saturated rings. The molecule has 0 saturated heterocycles. The number of hydrogen-bond acceptors (Lipinski definition) is 6. The van der Waals surface area contributed by atoms with Crippen LogP contribution in [0.5, 0.6) is 0 Å². The van der Waals surface area contributed by atoms with Gasteiger partial charge in [0.05, 0.1) is 37.4 Å². The first kappa shape index (κ1) is 14.3. The van der Waals surface area contributed by atoms with Crippen LogP contribution >= 0.6 is 0 Å². The number of ether oxygens (including phenoxy) is 1. The van der Waals surface area contributed by atoms with E-state index in [0.29, 0.717) is 5.69 Å². The molecular formula is C10H14N2O5S. The molecule has 0 amide bonds. The maximum atomic E-state index is 11.4. The van der Waals surface area contributed by atoms with Gasteiger partial charge in [0.15, 0.2) is 0 Å². The van der Waals surface area contributed by atoms with E-state index in [2.05, 4.69) is 14.9 Å². The van der Waals surface area contributed by atoms with Crippen molar-refractivity contribution in [3.05, 3.63) is 23.8 Å². The minimum atomic E-state index is -3.43. The third-order valence-electron chi connectivity index (χ3n) is 1.88. The monoisotopic (exact) mass is 274 g/mol. The topological polar surface area (TPSA) is 93.7 Å². The highest BCUT2D eigenvalue weighted by atomic mass is 32.2. The minimum absolute atomic E-state index is 0.200. The van der Waals surface area contributed by atoms with Crippen molar-refractivity contribution in [3.8, 4) is 0 Å². The summed E-state index contributed by atoms with van der Waals surface area (Å²) in [5.74, 6) is -0.577. The van der Waals surface area contributed by atoms with Crippen LogP contribution in [0.15, 0.2) is 18.2 Å².